The molecule has 0 radical (unpaired) electrons. The van der Waals surface area contributed by atoms with Crippen LogP contribution in [-0.4, -0.2) is 22.0 Å². The molecule has 47 heavy (non-hydrogen) atoms. The van der Waals surface area contributed by atoms with E-state index in [0.29, 0.717) is 39.6 Å². The van der Waals surface area contributed by atoms with Crippen molar-refractivity contribution in [2.75, 3.05) is 10.6 Å². The molecule has 0 atom stereocenters. The fourth-order valence-electron chi connectivity index (χ4n) is 4.62. The van der Waals surface area contributed by atoms with Gasteiger partial charge in [-0.15, -0.1) is 0 Å². The molecule has 0 aliphatic rings. The quantitative estimate of drug-likeness (QED) is 0.132. The monoisotopic (exact) mass is 641 g/mol. The van der Waals surface area contributed by atoms with E-state index in [2.05, 4.69) is 15.6 Å². The second kappa shape index (κ2) is 14.1. The van der Waals surface area contributed by atoms with E-state index in [4.69, 9.17) is 9.47 Å². The molecule has 0 aliphatic carbocycles. The van der Waals surface area contributed by atoms with Gasteiger partial charge in [0.15, 0.2) is 0 Å². The van der Waals surface area contributed by atoms with Gasteiger partial charge < -0.3 is 25.2 Å². The number of rotatable bonds is 11. The Morgan fingerprint density at radius 1 is 0.830 bits per heavy atom. The Bertz CT molecular complexity index is 1860. The minimum Gasteiger partial charge on any atom is -0.478 e. The van der Waals surface area contributed by atoms with Gasteiger partial charge >= 0.3 is 12.1 Å². The minimum atomic E-state index is -4.41. The molecule has 0 bridgehead atoms. The Hall–Kier alpha value is -5.84. The van der Waals surface area contributed by atoms with Crippen molar-refractivity contribution < 1.29 is 37.3 Å². The average molecular weight is 642 g/mol. The summed E-state index contributed by atoms with van der Waals surface area (Å²) >= 11 is 0. The fourth-order valence-corrected chi connectivity index (χ4v) is 4.62. The highest BCUT2D eigenvalue weighted by atomic mass is 19.4. The van der Waals surface area contributed by atoms with Crippen LogP contribution in [0.15, 0.2) is 109 Å². The number of nitrogens with zero attached hydrogens (tertiary/aromatic N) is 1. The SMILES string of the molecule is CC(C)c1cc(NC(=O)c2ccc(Oc3ccccc3)cc2)c(C(=O)O)cc1Oc1cncc(NCc2ccc(C(F)(F)F)cc2)c1. The van der Waals surface area contributed by atoms with E-state index in [1.165, 1.54) is 30.6 Å². The lowest BCUT2D eigenvalue weighted by Crippen LogP contribution is -2.15. The van der Waals surface area contributed by atoms with Crippen molar-refractivity contribution in [2.24, 2.45) is 0 Å². The van der Waals surface area contributed by atoms with Gasteiger partial charge in [-0.05, 0) is 77.7 Å². The van der Waals surface area contributed by atoms with Crippen LogP contribution in [0.4, 0.5) is 24.5 Å². The molecule has 1 amide bonds. The Balaban J connectivity index is 1.31. The number of hydrogen-bond donors (Lipinski definition) is 3. The summed E-state index contributed by atoms with van der Waals surface area (Å²) in [6, 6.07) is 25.1. The van der Waals surface area contributed by atoms with Crippen molar-refractivity contribution in [1.29, 1.82) is 0 Å². The standard InChI is InChI=1S/C36H30F3N3O5/c1-22(2)30-17-32(42-34(43)24-10-14-28(15-11-24)46-27-6-4-3-5-7-27)31(35(44)45)18-33(30)47-29-16-26(20-40-21-29)41-19-23-8-12-25(13-9-23)36(37,38)39/h3-18,20-22,41H,19H2,1-2H3,(H,42,43)(H,44,45). The van der Waals surface area contributed by atoms with Gasteiger partial charge in [0.25, 0.3) is 5.91 Å². The van der Waals surface area contributed by atoms with Crippen molar-refractivity contribution in [3.05, 3.63) is 137 Å². The van der Waals surface area contributed by atoms with Gasteiger partial charge in [0.1, 0.15) is 23.0 Å². The summed E-state index contributed by atoms with van der Waals surface area (Å²) in [5, 5.41) is 15.8. The van der Waals surface area contributed by atoms with Gasteiger partial charge in [-0.2, -0.15) is 13.2 Å². The van der Waals surface area contributed by atoms with Crippen LogP contribution in [0, 0.1) is 0 Å². The first-order valence-corrected chi connectivity index (χ1v) is 14.5. The van der Waals surface area contributed by atoms with Crippen LogP contribution in [-0.2, 0) is 12.7 Å². The van der Waals surface area contributed by atoms with Gasteiger partial charge in [0.2, 0.25) is 0 Å². The third-order valence-electron chi connectivity index (χ3n) is 7.06. The molecule has 0 saturated carbocycles. The van der Waals surface area contributed by atoms with E-state index in [1.807, 2.05) is 44.2 Å². The number of aromatic carboxylic acids is 1. The van der Waals surface area contributed by atoms with E-state index in [0.717, 1.165) is 12.1 Å². The van der Waals surface area contributed by atoms with Crippen LogP contribution in [0.2, 0.25) is 0 Å². The summed E-state index contributed by atoms with van der Waals surface area (Å²) in [6.07, 6.45) is -1.43. The molecule has 0 aliphatic heterocycles. The van der Waals surface area contributed by atoms with Crippen molar-refractivity contribution in [3.8, 4) is 23.0 Å². The van der Waals surface area contributed by atoms with Crippen LogP contribution in [0.3, 0.4) is 0 Å². The topological polar surface area (TPSA) is 110 Å². The number of carboxylic acid groups (broad SMARTS) is 1. The molecule has 240 valence electrons. The van der Waals surface area contributed by atoms with Crippen LogP contribution in [0.25, 0.3) is 0 Å². The van der Waals surface area contributed by atoms with Gasteiger partial charge in [0.05, 0.1) is 34.9 Å². The average Bonchev–Trinajstić information content (AvgIpc) is 3.05. The highest BCUT2D eigenvalue weighted by Crippen LogP contribution is 2.36. The molecule has 4 aromatic carbocycles. The number of benzene rings is 4. The van der Waals surface area contributed by atoms with Crippen LogP contribution >= 0.6 is 0 Å². The summed E-state index contributed by atoms with van der Waals surface area (Å²) in [6.45, 7) is 4.04. The van der Waals surface area contributed by atoms with Gasteiger partial charge in [-0.3, -0.25) is 9.78 Å². The summed E-state index contributed by atoms with van der Waals surface area (Å²) in [5.74, 6) is -0.135. The zero-order valence-corrected chi connectivity index (χ0v) is 25.3. The number of alkyl halides is 3. The van der Waals surface area contributed by atoms with Crippen molar-refractivity contribution >= 4 is 23.3 Å². The minimum absolute atomic E-state index is 0.105. The molecule has 5 rings (SSSR count). The predicted molar refractivity (Wildman–Crippen MR) is 171 cm³/mol. The third kappa shape index (κ3) is 8.46. The molecular weight excluding hydrogens is 611 g/mol. The number of para-hydroxylation sites is 1. The van der Waals surface area contributed by atoms with Crippen LogP contribution in [0.1, 0.15) is 57.2 Å². The molecule has 1 aromatic heterocycles. The van der Waals surface area contributed by atoms with Crippen LogP contribution in [0.5, 0.6) is 23.0 Å². The van der Waals surface area contributed by atoms with Crippen molar-refractivity contribution in [2.45, 2.75) is 32.5 Å². The van der Waals surface area contributed by atoms with Gasteiger partial charge in [-0.1, -0.05) is 44.2 Å². The number of halogens is 3. The molecule has 0 unspecified atom stereocenters. The molecular formula is C36H30F3N3O5. The zero-order valence-electron chi connectivity index (χ0n) is 25.3. The summed E-state index contributed by atoms with van der Waals surface area (Å²) in [4.78, 5) is 29.6. The number of pyridine rings is 1. The van der Waals surface area contributed by atoms with Crippen molar-refractivity contribution in [1.82, 2.24) is 4.98 Å². The van der Waals surface area contributed by atoms with E-state index in [-0.39, 0.29) is 29.5 Å². The number of ether oxygens (including phenoxy) is 2. The first kappa shape index (κ1) is 32.6. The van der Waals surface area contributed by atoms with Crippen molar-refractivity contribution in [3.63, 3.8) is 0 Å². The van der Waals surface area contributed by atoms with Gasteiger partial charge in [-0.25, -0.2) is 4.79 Å². The fraction of sp³-hybridized carbons (Fsp3) is 0.139. The summed E-state index contributed by atoms with van der Waals surface area (Å²) in [7, 11) is 0. The second-order valence-corrected chi connectivity index (χ2v) is 10.8. The number of anilines is 2. The Kier molecular flexibility index (Phi) is 9.74. The molecule has 1 heterocycles. The molecule has 0 spiro atoms. The highest BCUT2D eigenvalue weighted by Gasteiger charge is 2.30. The van der Waals surface area contributed by atoms with E-state index >= 15 is 0 Å². The maximum absolute atomic E-state index is 13.1. The lowest BCUT2D eigenvalue weighted by atomic mass is 9.98. The second-order valence-electron chi connectivity index (χ2n) is 10.8. The first-order chi connectivity index (χ1) is 22.5. The maximum atomic E-state index is 13.1. The molecule has 3 N–H and O–H groups in total. The number of nitrogens with one attached hydrogen (secondary N) is 2. The van der Waals surface area contributed by atoms with E-state index in [9.17, 15) is 27.9 Å². The number of carboxylic acids is 1. The zero-order chi connectivity index (χ0) is 33.6. The largest absolute Gasteiger partial charge is 0.478 e. The molecule has 11 heteroatoms. The summed E-state index contributed by atoms with van der Waals surface area (Å²) in [5.41, 5.74) is 1.32. The highest BCUT2D eigenvalue weighted by molar-refractivity contribution is 6.08. The van der Waals surface area contributed by atoms with E-state index < -0.39 is 23.6 Å². The number of carbonyl (C=O) groups is 2. The van der Waals surface area contributed by atoms with Crippen LogP contribution < -0.4 is 20.1 Å². The normalized spacial score (nSPS) is 11.2. The Morgan fingerprint density at radius 3 is 2.15 bits per heavy atom. The third-order valence-corrected chi connectivity index (χ3v) is 7.06. The maximum Gasteiger partial charge on any atom is 0.416 e. The summed E-state index contributed by atoms with van der Waals surface area (Å²) < 4.78 is 50.5. The molecule has 0 saturated heterocycles. The molecule has 0 fully saturated rings. The number of aromatic nitrogens is 1. The smallest absolute Gasteiger partial charge is 0.416 e. The first-order valence-electron chi connectivity index (χ1n) is 14.5. The lowest BCUT2D eigenvalue weighted by molar-refractivity contribution is -0.137. The molecule has 5 aromatic rings. The number of carbonyl (C=O) groups excluding carboxylic acids is 1. The molecule has 8 nitrogen and oxygen atoms in total. The lowest BCUT2D eigenvalue weighted by Gasteiger charge is -2.18. The van der Waals surface area contributed by atoms with Gasteiger partial charge in [0, 0.05) is 18.2 Å². The van der Waals surface area contributed by atoms with E-state index in [1.54, 1.807) is 36.4 Å². The predicted octanol–water partition coefficient (Wildman–Crippen LogP) is 9.37. The Labute approximate surface area is 268 Å². The number of amides is 1. The number of hydrogen-bond acceptors (Lipinski definition) is 6. The Morgan fingerprint density at radius 2 is 1.51 bits per heavy atom.